The van der Waals surface area contributed by atoms with Crippen LogP contribution in [0.15, 0.2) is 104 Å². The van der Waals surface area contributed by atoms with Gasteiger partial charge in [-0.1, -0.05) is 62.4 Å². The Labute approximate surface area is 355 Å². The number of thioether (sulfide) groups is 1. The van der Waals surface area contributed by atoms with E-state index in [1.54, 1.807) is 53.7 Å². The standard InChI is InChI=1S/C22H20F3N3O3S.C22H20F3N3OS/c1-4-28-18(22(23,24)25)12-16-19(21(28)29)27(3)20(26-16)15-10-13-8-6-7-9-14(13)11-17(15)32(30,31)5-2;1-4-28-18(22(23,24)25)12-16-19(21(28)29)27(3)20(26-16)15-10-13-8-6-7-9-14(13)11-17(15)30-5-2/h6-12H,4-5H2,1-3H3;6-12H,4-5H2,1-3H3. The van der Waals surface area contributed by atoms with Crippen LogP contribution < -0.4 is 11.1 Å². The molecule has 8 rings (SSSR count). The molecule has 0 fully saturated rings. The van der Waals surface area contributed by atoms with Gasteiger partial charge in [0.1, 0.15) is 34.1 Å². The van der Waals surface area contributed by atoms with Crippen LogP contribution in [-0.2, 0) is 49.4 Å². The molecule has 4 aromatic heterocycles. The molecule has 0 bridgehead atoms. The van der Waals surface area contributed by atoms with Crippen LogP contribution >= 0.6 is 11.8 Å². The van der Waals surface area contributed by atoms with Crippen LogP contribution in [0, 0.1) is 0 Å². The van der Waals surface area contributed by atoms with E-state index < -0.39 is 44.7 Å². The Morgan fingerprint density at radius 1 is 0.597 bits per heavy atom. The van der Waals surface area contributed by atoms with Crippen molar-refractivity contribution in [3.8, 4) is 22.8 Å². The van der Waals surface area contributed by atoms with Crippen molar-refractivity contribution in [3.05, 3.63) is 117 Å². The van der Waals surface area contributed by atoms with Crippen molar-refractivity contribution in [2.75, 3.05) is 11.5 Å². The van der Waals surface area contributed by atoms with Gasteiger partial charge in [-0.3, -0.25) is 9.59 Å². The van der Waals surface area contributed by atoms with E-state index in [4.69, 9.17) is 0 Å². The highest BCUT2D eigenvalue weighted by Gasteiger charge is 2.37. The first-order chi connectivity index (χ1) is 29.2. The van der Waals surface area contributed by atoms with Crippen LogP contribution in [-0.4, -0.2) is 48.2 Å². The van der Waals surface area contributed by atoms with E-state index in [0.29, 0.717) is 15.8 Å². The second-order valence-electron chi connectivity index (χ2n) is 14.3. The summed E-state index contributed by atoms with van der Waals surface area (Å²) in [5.74, 6) is 1.25. The van der Waals surface area contributed by atoms with Crippen molar-refractivity contribution in [2.24, 2.45) is 14.1 Å². The van der Waals surface area contributed by atoms with E-state index in [1.807, 2.05) is 37.3 Å². The van der Waals surface area contributed by atoms with Gasteiger partial charge < -0.3 is 18.3 Å². The number of nitrogens with zero attached hydrogens (tertiary/aromatic N) is 6. The summed E-state index contributed by atoms with van der Waals surface area (Å²) in [5, 5.41) is 3.52. The quantitative estimate of drug-likeness (QED) is 0.110. The van der Waals surface area contributed by atoms with Gasteiger partial charge >= 0.3 is 12.4 Å². The van der Waals surface area contributed by atoms with Crippen molar-refractivity contribution in [2.45, 2.75) is 62.9 Å². The molecular formula is C44H40F6N6O4S2. The lowest BCUT2D eigenvalue weighted by Gasteiger charge is -2.14. The highest BCUT2D eigenvalue weighted by molar-refractivity contribution is 7.99. The second kappa shape index (κ2) is 16.4. The summed E-state index contributed by atoms with van der Waals surface area (Å²) in [5.41, 5.74) is -2.50. The second-order valence-corrected chi connectivity index (χ2v) is 17.9. The van der Waals surface area contributed by atoms with Crippen LogP contribution in [0.3, 0.4) is 0 Å². The molecule has 4 heterocycles. The summed E-state index contributed by atoms with van der Waals surface area (Å²) < 4.78 is 111. The van der Waals surface area contributed by atoms with Crippen LogP contribution in [0.2, 0.25) is 0 Å². The SMILES string of the molecule is CCSc1cc2ccccc2cc1-c1nc2cc(C(F)(F)F)n(CC)c(=O)c2n1C.CCn1c(C(F)(F)F)cc2nc(-c3cc4ccccc4cc3S(=O)(=O)CC)n(C)c2c1=O. The van der Waals surface area contributed by atoms with Crippen LogP contribution in [0.1, 0.15) is 39.1 Å². The number of imidazole rings is 2. The molecule has 0 amide bonds. The Morgan fingerprint density at radius 3 is 1.40 bits per heavy atom. The Kier molecular flexibility index (Phi) is 11.7. The number of hydrogen-bond donors (Lipinski definition) is 0. The van der Waals surface area contributed by atoms with Gasteiger partial charge in [0.2, 0.25) is 0 Å². The topological polar surface area (TPSA) is 114 Å². The summed E-state index contributed by atoms with van der Waals surface area (Å²) >= 11 is 1.63. The van der Waals surface area contributed by atoms with Gasteiger partial charge in [0, 0.05) is 43.2 Å². The number of rotatable bonds is 8. The zero-order valence-electron chi connectivity index (χ0n) is 34.3. The number of alkyl halides is 6. The van der Waals surface area contributed by atoms with E-state index in [9.17, 15) is 44.3 Å². The minimum absolute atomic E-state index is 0.0176. The first-order valence-electron chi connectivity index (χ1n) is 19.5. The molecule has 0 atom stereocenters. The normalized spacial score (nSPS) is 12.5. The van der Waals surface area contributed by atoms with Crippen molar-refractivity contribution in [1.82, 2.24) is 28.2 Å². The van der Waals surface area contributed by atoms with Gasteiger partial charge in [-0.25, -0.2) is 18.4 Å². The van der Waals surface area contributed by atoms with Gasteiger partial charge in [-0.05, 0) is 77.5 Å². The highest BCUT2D eigenvalue weighted by atomic mass is 32.2. The molecule has 4 aromatic carbocycles. The smallest absolute Gasteiger partial charge is 0.323 e. The lowest BCUT2D eigenvalue weighted by atomic mass is 10.1. The van der Waals surface area contributed by atoms with Crippen LogP contribution in [0.25, 0.3) is 66.4 Å². The number of halogens is 6. The fraction of sp³-hybridized carbons (Fsp3) is 0.273. The summed E-state index contributed by atoms with van der Waals surface area (Å²) in [7, 11) is -0.521. The highest BCUT2D eigenvalue weighted by Crippen LogP contribution is 2.38. The molecule has 0 spiro atoms. The predicted molar refractivity (Wildman–Crippen MR) is 231 cm³/mol. The number of fused-ring (bicyclic) bond motifs is 4. The minimum atomic E-state index is -4.74. The maximum atomic E-state index is 13.5. The Balaban J connectivity index is 0.000000187. The van der Waals surface area contributed by atoms with Crippen molar-refractivity contribution < 1.29 is 34.8 Å². The third-order valence-electron chi connectivity index (χ3n) is 10.7. The lowest BCUT2D eigenvalue weighted by molar-refractivity contribution is -0.144. The molecular weight excluding hydrogens is 855 g/mol. The molecule has 18 heteroatoms. The lowest BCUT2D eigenvalue weighted by Crippen LogP contribution is -2.28. The van der Waals surface area contributed by atoms with Crippen LogP contribution in [0.5, 0.6) is 0 Å². The largest absolute Gasteiger partial charge is 0.431 e. The molecule has 0 N–H and O–H groups in total. The number of sulfone groups is 1. The van der Waals surface area contributed by atoms with Gasteiger partial charge in [0.05, 0.1) is 21.7 Å². The Morgan fingerprint density at radius 2 is 1.00 bits per heavy atom. The molecule has 10 nitrogen and oxygen atoms in total. The molecule has 0 radical (unpaired) electrons. The van der Waals surface area contributed by atoms with E-state index in [1.165, 1.54) is 38.5 Å². The van der Waals surface area contributed by atoms with Crippen molar-refractivity contribution in [1.29, 1.82) is 0 Å². The third kappa shape index (κ3) is 7.78. The van der Waals surface area contributed by atoms with Crippen LogP contribution in [0.4, 0.5) is 26.3 Å². The molecule has 0 saturated heterocycles. The summed E-state index contributed by atoms with van der Waals surface area (Å²) in [6, 6.07) is 24.1. The number of aromatic nitrogens is 6. The first kappa shape index (κ1) is 44.2. The average Bonchev–Trinajstić information content (AvgIpc) is 3.75. The number of pyridine rings is 2. The third-order valence-corrected chi connectivity index (χ3v) is 13.4. The summed E-state index contributed by atoms with van der Waals surface area (Å²) in [6.07, 6.45) is -9.37. The molecule has 0 aliphatic heterocycles. The fourth-order valence-corrected chi connectivity index (χ4v) is 9.62. The maximum Gasteiger partial charge on any atom is 0.431 e. The molecule has 8 aromatic rings. The molecule has 0 saturated carbocycles. The molecule has 0 unspecified atom stereocenters. The van der Waals surface area contributed by atoms with Gasteiger partial charge in [-0.2, -0.15) is 26.3 Å². The van der Waals surface area contributed by atoms with Gasteiger partial charge in [-0.15, -0.1) is 11.8 Å². The van der Waals surface area contributed by atoms with Gasteiger partial charge in [0.15, 0.2) is 9.84 Å². The zero-order chi connectivity index (χ0) is 45.1. The molecule has 0 aliphatic rings. The van der Waals surface area contributed by atoms with Crippen molar-refractivity contribution >= 4 is 65.2 Å². The van der Waals surface area contributed by atoms with Crippen molar-refractivity contribution in [3.63, 3.8) is 0 Å². The number of hydrogen-bond acceptors (Lipinski definition) is 7. The zero-order valence-corrected chi connectivity index (χ0v) is 35.9. The van der Waals surface area contributed by atoms with E-state index in [-0.39, 0.29) is 57.2 Å². The Bertz CT molecular complexity index is 3290. The van der Waals surface area contributed by atoms with E-state index in [2.05, 4.69) is 16.0 Å². The minimum Gasteiger partial charge on any atom is -0.323 e. The van der Waals surface area contributed by atoms with E-state index >= 15 is 0 Å². The molecule has 324 valence electrons. The monoisotopic (exact) mass is 894 g/mol. The average molecular weight is 895 g/mol. The first-order valence-corrected chi connectivity index (χ1v) is 22.2. The number of aryl methyl sites for hydroxylation is 2. The Hall–Kier alpha value is -5.88. The summed E-state index contributed by atoms with van der Waals surface area (Å²) in [4.78, 5) is 35.6. The number of benzene rings is 4. The molecule has 0 aliphatic carbocycles. The predicted octanol–water partition coefficient (Wildman–Crippen LogP) is 10.1. The van der Waals surface area contributed by atoms with E-state index in [0.717, 1.165) is 49.1 Å². The fourth-order valence-electron chi connectivity index (χ4n) is 7.69. The maximum absolute atomic E-state index is 13.5. The molecule has 62 heavy (non-hydrogen) atoms. The van der Waals surface area contributed by atoms with Gasteiger partial charge in [0.25, 0.3) is 11.1 Å². The summed E-state index contributed by atoms with van der Waals surface area (Å²) in [6.45, 7) is 6.29.